The Kier molecular flexibility index (Phi) is 4.02. The molecule has 0 bridgehead atoms. The summed E-state index contributed by atoms with van der Waals surface area (Å²) in [5.41, 5.74) is -0.974. The highest BCUT2D eigenvalue weighted by Gasteiger charge is 2.15. The maximum Gasteiger partial charge on any atom is 0.335 e. The summed E-state index contributed by atoms with van der Waals surface area (Å²) in [7, 11) is 2.89. The molecule has 2 N–H and O–H groups in total. The third-order valence-corrected chi connectivity index (χ3v) is 3.77. The van der Waals surface area contributed by atoms with Crippen molar-refractivity contribution in [1.82, 2.24) is 9.55 Å². The number of aromatic carboxylic acids is 1. The van der Waals surface area contributed by atoms with E-state index in [1.165, 1.54) is 38.5 Å². The van der Waals surface area contributed by atoms with Gasteiger partial charge in [0, 0.05) is 6.07 Å². The maximum atomic E-state index is 12.8. The highest BCUT2D eigenvalue weighted by Crippen LogP contribution is 2.26. The molecule has 128 valence electrons. The number of H-pyrrole nitrogens is 1. The second-order valence-electron chi connectivity index (χ2n) is 5.17. The van der Waals surface area contributed by atoms with Gasteiger partial charge in [-0.05, 0) is 30.3 Å². The number of hydrogen-bond donors (Lipinski definition) is 2. The number of carbonyl (C=O) groups is 1. The fourth-order valence-corrected chi connectivity index (χ4v) is 2.54. The van der Waals surface area contributed by atoms with Crippen molar-refractivity contribution in [1.29, 1.82) is 0 Å². The molecule has 0 amide bonds. The number of benzene rings is 2. The van der Waals surface area contributed by atoms with Gasteiger partial charge in [-0.25, -0.2) is 14.2 Å². The lowest BCUT2D eigenvalue weighted by Gasteiger charge is -2.12. The van der Waals surface area contributed by atoms with Crippen molar-refractivity contribution in [3.05, 3.63) is 62.8 Å². The third-order valence-electron chi connectivity index (χ3n) is 3.77. The summed E-state index contributed by atoms with van der Waals surface area (Å²) in [6.07, 6.45) is 0. The molecule has 3 rings (SSSR count). The number of ether oxygens (including phenoxy) is 2. The zero-order chi connectivity index (χ0) is 18.1. The molecule has 0 aliphatic heterocycles. The number of aromatic amines is 1. The predicted molar refractivity (Wildman–Crippen MR) is 90.2 cm³/mol. The van der Waals surface area contributed by atoms with E-state index >= 15 is 0 Å². The van der Waals surface area contributed by atoms with Crippen LogP contribution in [0.15, 0.2) is 46.0 Å². The molecule has 0 radical (unpaired) electrons. The Morgan fingerprint density at radius 3 is 2.48 bits per heavy atom. The standard InChI is InChI=1S/C17H14N2O6/c1-24-10-4-6-14(25-2)13(8-10)19-15(20)11-5-3-9(16(21)22)7-12(11)18-17(19)23/h3-8H,1-2H3,(H,18,23)(H,21,22). The summed E-state index contributed by atoms with van der Waals surface area (Å²) in [6, 6.07) is 8.64. The van der Waals surface area contributed by atoms with Gasteiger partial charge < -0.3 is 19.6 Å². The third kappa shape index (κ3) is 2.74. The molecule has 0 saturated heterocycles. The van der Waals surface area contributed by atoms with Crippen LogP contribution >= 0.6 is 0 Å². The van der Waals surface area contributed by atoms with Crippen LogP contribution in [-0.4, -0.2) is 34.8 Å². The Bertz CT molecular complexity index is 1100. The lowest BCUT2D eigenvalue weighted by atomic mass is 10.1. The fourth-order valence-electron chi connectivity index (χ4n) is 2.54. The molecule has 8 nitrogen and oxygen atoms in total. The summed E-state index contributed by atoms with van der Waals surface area (Å²) in [5.74, 6) is -0.389. The van der Waals surface area contributed by atoms with Gasteiger partial charge in [-0.1, -0.05) is 0 Å². The first-order valence-corrected chi connectivity index (χ1v) is 7.21. The van der Waals surface area contributed by atoms with Gasteiger partial charge in [-0.3, -0.25) is 4.79 Å². The van der Waals surface area contributed by atoms with Crippen molar-refractivity contribution in [3.8, 4) is 17.2 Å². The zero-order valence-electron chi connectivity index (χ0n) is 13.4. The van der Waals surface area contributed by atoms with Crippen LogP contribution in [0, 0.1) is 0 Å². The van der Waals surface area contributed by atoms with Crippen molar-refractivity contribution in [2.24, 2.45) is 0 Å². The van der Waals surface area contributed by atoms with Gasteiger partial charge in [0.05, 0.1) is 36.4 Å². The molecule has 0 spiro atoms. The van der Waals surface area contributed by atoms with E-state index in [0.29, 0.717) is 11.5 Å². The number of methoxy groups -OCH3 is 2. The molecular formula is C17H14N2O6. The Labute approximate surface area is 140 Å². The van der Waals surface area contributed by atoms with E-state index in [4.69, 9.17) is 14.6 Å². The number of nitrogens with zero attached hydrogens (tertiary/aromatic N) is 1. The van der Waals surface area contributed by atoms with Crippen molar-refractivity contribution >= 4 is 16.9 Å². The smallest absolute Gasteiger partial charge is 0.335 e. The number of fused-ring (bicyclic) bond motifs is 1. The summed E-state index contributed by atoms with van der Waals surface area (Å²) in [5, 5.41) is 9.21. The van der Waals surface area contributed by atoms with Gasteiger partial charge in [0.2, 0.25) is 0 Å². The monoisotopic (exact) mass is 342 g/mol. The number of rotatable bonds is 4. The SMILES string of the molecule is COc1ccc(OC)c(-n2c(=O)[nH]c3cc(C(=O)O)ccc3c2=O)c1. The van der Waals surface area contributed by atoms with Gasteiger partial charge in [-0.2, -0.15) is 0 Å². The summed E-state index contributed by atoms with van der Waals surface area (Å²) < 4.78 is 11.3. The molecule has 8 heteroatoms. The molecular weight excluding hydrogens is 328 g/mol. The van der Waals surface area contributed by atoms with Crippen LogP contribution in [0.1, 0.15) is 10.4 Å². The molecule has 2 aromatic carbocycles. The van der Waals surface area contributed by atoms with Crippen LogP contribution in [0.3, 0.4) is 0 Å². The van der Waals surface area contributed by atoms with E-state index in [9.17, 15) is 14.4 Å². The van der Waals surface area contributed by atoms with E-state index < -0.39 is 17.2 Å². The second-order valence-corrected chi connectivity index (χ2v) is 5.17. The quantitative estimate of drug-likeness (QED) is 0.741. The topological polar surface area (TPSA) is 111 Å². The molecule has 3 aromatic rings. The van der Waals surface area contributed by atoms with Gasteiger partial charge in [0.15, 0.2) is 0 Å². The largest absolute Gasteiger partial charge is 0.497 e. The first kappa shape index (κ1) is 16.3. The fraction of sp³-hybridized carbons (Fsp3) is 0.118. The molecule has 0 saturated carbocycles. The van der Waals surface area contributed by atoms with E-state index in [2.05, 4.69) is 4.98 Å². The van der Waals surface area contributed by atoms with E-state index in [0.717, 1.165) is 4.57 Å². The maximum absolute atomic E-state index is 12.8. The van der Waals surface area contributed by atoms with Crippen molar-refractivity contribution in [3.63, 3.8) is 0 Å². The van der Waals surface area contributed by atoms with E-state index in [1.54, 1.807) is 12.1 Å². The lowest BCUT2D eigenvalue weighted by Crippen LogP contribution is -2.34. The number of carboxylic acids is 1. The lowest BCUT2D eigenvalue weighted by molar-refractivity contribution is 0.0697. The Hall–Kier alpha value is -3.55. The number of aromatic nitrogens is 2. The molecule has 25 heavy (non-hydrogen) atoms. The Morgan fingerprint density at radius 1 is 1.08 bits per heavy atom. The Morgan fingerprint density at radius 2 is 1.84 bits per heavy atom. The first-order valence-electron chi connectivity index (χ1n) is 7.21. The van der Waals surface area contributed by atoms with Crippen LogP contribution in [0.4, 0.5) is 0 Å². The molecule has 1 heterocycles. The number of hydrogen-bond acceptors (Lipinski definition) is 5. The van der Waals surface area contributed by atoms with E-state index in [-0.39, 0.29) is 22.2 Å². The van der Waals surface area contributed by atoms with Gasteiger partial charge in [-0.15, -0.1) is 0 Å². The van der Waals surface area contributed by atoms with Crippen LogP contribution in [-0.2, 0) is 0 Å². The first-order chi connectivity index (χ1) is 12.0. The van der Waals surface area contributed by atoms with Crippen LogP contribution < -0.4 is 20.7 Å². The highest BCUT2D eigenvalue weighted by atomic mass is 16.5. The van der Waals surface area contributed by atoms with Crippen molar-refractivity contribution in [2.45, 2.75) is 0 Å². The van der Waals surface area contributed by atoms with Crippen LogP contribution in [0.25, 0.3) is 16.6 Å². The molecule has 0 unspecified atom stereocenters. The molecule has 0 atom stereocenters. The molecule has 0 aliphatic carbocycles. The summed E-state index contributed by atoms with van der Waals surface area (Å²) in [6.45, 7) is 0. The van der Waals surface area contributed by atoms with Crippen LogP contribution in [0.5, 0.6) is 11.5 Å². The summed E-state index contributed by atoms with van der Waals surface area (Å²) >= 11 is 0. The minimum atomic E-state index is -1.15. The molecule has 0 fully saturated rings. The second kappa shape index (κ2) is 6.16. The van der Waals surface area contributed by atoms with E-state index in [1.807, 2.05) is 0 Å². The average Bonchev–Trinajstić information content (AvgIpc) is 2.61. The highest BCUT2D eigenvalue weighted by molar-refractivity contribution is 5.92. The summed E-state index contributed by atoms with van der Waals surface area (Å²) in [4.78, 5) is 38.8. The minimum Gasteiger partial charge on any atom is -0.497 e. The molecule has 0 aliphatic rings. The Balaban J connectivity index is 2.35. The number of carboxylic acid groups (broad SMARTS) is 1. The van der Waals surface area contributed by atoms with Crippen molar-refractivity contribution in [2.75, 3.05) is 14.2 Å². The molecule has 1 aromatic heterocycles. The minimum absolute atomic E-state index is 0.0285. The normalized spacial score (nSPS) is 10.6. The van der Waals surface area contributed by atoms with Gasteiger partial charge in [0.1, 0.15) is 11.5 Å². The van der Waals surface area contributed by atoms with Gasteiger partial charge in [0.25, 0.3) is 5.56 Å². The van der Waals surface area contributed by atoms with Crippen molar-refractivity contribution < 1.29 is 19.4 Å². The van der Waals surface area contributed by atoms with Crippen LogP contribution in [0.2, 0.25) is 0 Å². The number of nitrogens with one attached hydrogen (secondary N) is 1. The predicted octanol–water partition coefficient (Wildman–Crippen LogP) is 1.39. The van der Waals surface area contributed by atoms with Gasteiger partial charge >= 0.3 is 11.7 Å². The zero-order valence-corrected chi connectivity index (χ0v) is 13.4. The average molecular weight is 342 g/mol.